The van der Waals surface area contributed by atoms with Crippen molar-refractivity contribution in [1.82, 2.24) is 20.1 Å². The van der Waals surface area contributed by atoms with Gasteiger partial charge in [-0.3, -0.25) is 0 Å². The number of urea groups is 1. The van der Waals surface area contributed by atoms with E-state index < -0.39 is 5.97 Å². The van der Waals surface area contributed by atoms with Crippen molar-refractivity contribution in [3.63, 3.8) is 0 Å². The maximum Gasteiger partial charge on any atom is 0.347 e. The van der Waals surface area contributed by atoms with E-state index in [9.17, 15) is 9.59 Å². The Labute approximate surface area is 121 Å². The third kappa shape index (κ3) is 3.45. The molecular weight excluding hydrogens is 280 g/mol. The first kappa shape index (κ1) is 14.7. The molecule has 20 heavy (non-hydrogen) atoms. The molecule has 2 amide bonds. The fraction of sp³-hybridized carbons (Fsp3) is 0.583. The van der Waals surface area contributed by atoms with Gasteiger partial charge in [0.05, 0.1) is 12.2 Å². The van der Waals surface area contributed by atoms with Crippen LogP contribution in [0.5, 0.6) is 0 Å². The molecule has 1 aromatic rings. The van der Waals surface area contributed by atoms with Crippen LogP contribution in [0.4, 0.5) is 4.79 Å². The van der Waals surface area contributed by atoms with Crippen LogP contribution in [0, 0.1) is 6.92 Å². The van der Waals surface area contributed by atoms with Gasteiger partial charge in [-0.25, -0.2) is 14.6 Å². The summed E-state index contributed by atoms with van der Waals surface area (Å²) in [5.41, 5.74) is 0.492. The van der Waals surface area contributed by atoms with Crippen molar-refractivity contribution in [3.8, 4) is 0 Å². The average Bonchev–Trinajstić information content (AvgIpc) is 2.78. The van der Waals surface area contributed by atoms with Crippen LogP contribution in [-0.2, 0) is 6.54 Å². The standard InChI is InChI=1S/C12H18N4O3S/c1-8-10(11(17)18)20-9(14-8)7-13-12(19)16-5-3-15(2)4-6-16/h3-7H2,1-2H3,(H,13,19)(H,17,18). The Morgan fingerprint density at radius 2 is 2.00 bits per heavy atom. The number of thiazole rings is 1. The van der Waals surface area contributed by atoms with Crippen molar-refractivity contribution >= 4 is 23.3 Å². The highest BCUT2D eigenvalue weighted by molar-refractivity contribution is 7.13. The van der Waals surface area contributed by atoms with Crippen molar-refractivity contribution in [1.29, 1.82) is 0 Å². The number of carbonyl (C=O) groups is 2. The molecular formula is C12H18N4O3S. The maximum atomic E-state index is 12.0. The lowest BCUT2D eigenvalue weighted by Gasteiger charge is -2.32. The second-order valence-electron chi connectivity index (χ2n) is 4.78. The fourth-order valence-corrected chi connectivity index (χ4v) is 2.84. The van der Waals surface area contributed by atoms with Crippen LogP contribution in [0.3, 0.4) is 0 Å². The van der Waals surface area contributed by atoms with Gasteiger partial charge in [0.25, 0.3) is 0 Å². The zero-order chi connectivity index (χ0) is 14.7. The molecule has 1 aromatic heterocycles. The number of hydrogen-bond donors (Lipinski definition) is 2. The van der Waals surface area contributed by atoms with Gasteiger partial charge in [0.15, 0.2) is 0 Å². The summed E-state index contributed by atoms with van der Waals surface area (Å²) in [5.74, 6) is -0.975. The summed E-state index contributed by atoms with van der Waals surface area (Å²) in [6, 6.07) is -0.122. The number of nitrogens with one attached hydrogen (secondary N) is 1. The van der Waals surface area contributed by atoms with E-state index in [1.807, 2.05) is 7.05 Å². The molecule has 0 saturated carbocycles. The number of likely N-dealkylation sites (N-methyl/N-ethyl adjacent to an activating group) is 1. The Hall–Kier alpha value is -1.67. The molecule has 2 N–H and O–H groups in total. The molecule has 110 valence electrons. The van der Waals surface area contributed by atoms with Crippen LogP contribution < -0.4 is 5.32 Å². The van der Waals surface area contributed by atoms with E-state index >= 15 is 0 Å². The van der Waals surface area contributed by atoms with Crippen LogP contribution >= 0.6 is 11.3 Å². The van der Waals surface area contributed by atoms with Crippen LogP contribution in [0.25, 0.3) is 0 Å². The van der Waals surface area contributed by atoms with Gasteiger partial charge in [0.2, 0.25) is 0 Å². The minimum absolute atomic E-state index is 0.122. The molecule has 0 aliphatic carbocycles. The van der Waals surface area contributed by atoms with E-state index in [1.54, 1.807) is 11.8 Å². The highest BCUT2D eigenvalue weighted by Gasteiger charge is 2.19. The molecule has 1 aliphatic heterocycles. The highest BCUT2D eigenvalue weighted by Crippen LogP contribution is 2.17. The Bertz CT molecular complexity index is 509. The van der Waals surface area contributed by atoms with Gasteiger partial charge in [-0.15, -0.1) is 11.3 Å². The summed E-state index contributed by atoms with van der Waals surface area (Å²) < 4.78 is 0. The molecule has 8 heteroatoms. The normalized spacial score (nSPS) is 16.2. The van der Waals surface area contributed by atoms with Gasteiger partial charge in [0, 0.05) is 26.2 Å². The molecule has 1 aliphatic rings. The van der Waals surface area contributed by atoms with Crippen molar-refractivity contribution < 1.29 is 14.7 Å². The number of piperazine rings is 1. The third-order valence-electron chi connectivity index (χ3n) is 3.22. The first-order valence-electron chi connectivity index (χ1n) is 6.38. The molecule has 2 rings (SSSR count). The Morgan fingerprint density at radius 1 is 1.35 bits per heavy atom. The predicted octanol–water partition coefficient (Wildman–Crippen LogP) is 0.607. The number of aromatic carboxylic acids is 1. The highest BCUT2D eigenvalue weighted by atomic mass is 32.1. The van der Waals surface area contributed by atoms with E-state index in [2.05, 4.69) is 15.2 Å². The van der Waals surface area contributed by atoms with Gasteiger partial charge >= 0.3 is 12.0 Å². The number of carboxylic acid groups (broad SMARTS) is 1. The minimum atomic E-state index is -0.975. The number of hydrogen-bond acceptors (Lipinski definition) is 5. The Balaban J connectivity index is 1.87. The van der Waals surface area contributed by atoms with Crippen LogP contribution in [0.15, 0.2) is 0 Å². The topological polar surface area (TPSA) is 85.8 Å². The zero-order valence-electron chi connectivity index (χ0n) is 11.5. The van der Waals surface area contributed by atoms with E-state index in [-0.39, 0.29) is 17.5 Å². The first-order chi connectivity index (χ1) is 9.47. The molecule has 0 spiro atoms. The lowest BCUT2D eigenvalue weighted by Crippen LogP contribution is -2.50. The van der Waals surface area contributed by atoms with Crippen LogP contribution in [0.1, 0.15) is 20.4 Å². The van der Waals surface area contributed by atoms with E-state index in [0.29, 0.717) is 23.8 Å². The van der Waals surface area contributed by atoms with Gasteiger partial charge in [0.1, 0.15) is 9.88 Å². The summed E-state index contributed by atoms with van der Waals surface area (Å²) in [4.78, 5) is 31.2. The first-order valence-corrected chi connectivity index (χ1v) is 7.20. The second-order valence-corrected chi connectivity index (χ2v) is 5.86. The van der Waals surface area contributed by atoms with E-state index in [4.69, 9.17) is 5.11 Å². The van der Waals surface area contributed by atoms with Crippen LogP contribution in [-0.4, -0.2) is 65.1 Å². The van der Waals surface area contributed by atoms with E-state index in [1.165, 1.54) is 0 Å². The van der Waals surface area contributed by atoms with Gasteiger partial charge < -0.3 is 20.2 Å². The monoisotopic (exact) mass is 298 g/mol. The number of aromatic nitrogens is 1. The number of carbonyl (C=O) groups excluding carboxylic acids is 1. The summed E-state index contributed by atoms with van der Waals surface area (Å²) >= 11 is 1.10. The van der Waals surface area contributed by atoms with Gasteiger partial charge in [-0.05, 0) is 14.0 Å². The van der Waals surface area contributed by atoms with E-state index in [0.717, 1.165) is 24.4 Å². The smallest absolute Gasteiger partial charge is 0.347 e. The number of aryl methyl sites for hydroxylation is 1. The lowest BCUT2D eigenvalue weighted by molar-refractivity contribution is 0.0701. The minimum Gasteiger partial charge on any atom is -0.477 e. The second kappa shape index (κ2) is 6.19. The average molecular weight is 298 g/mol. The predicted molar refractivity (Wildman–Crippen MR) is 75.1 cm³/mol. The molecule has 0 atom stereocenters. The largest absolute Gasteiger partial charge is 0.477 e. The number of carboxylic acids is 1. The molecule has 0 unspecified atom stereocenters. The summed E-state index contributed by atoms with van der Waals surface area (Å²) in [7, 11) is 2.03. The molecule has 7 nitrogen and oxygen atoms in total. The van der Waals surface area contributed by atoms with Crippen molar-refractivity contribution in [2.75, 3.05) is 33.2 Å². The number of amides is 2. The van der Waals surface area contributed by atoms with Crippen molar-refractivity contribution in [2.45, 2.75) is 13.5 Å². The van der Waals surface area contributed by atoms with Gasteiger partial charge in [-0.1, -0.05) is 0 Å². The SMILES string of the molecule is Cc1nc(CNC(=O)N2CCN(C)CC2)sc1C(=O)O. The molecule has 1 fully saturated rings. The molecule has 0 bridgehead atoms. The number of nitrogens with zero attached hydrogens (tertiary/aromatic N) is 3. The molecule has 1 saturated heterocycles. The quantitative estimate of drug-likeness (QED) is 0.854. The van der Waals surface area contributed by atoms with Crippen molar-refractivity contribution in [2.24, 2.45) is 0 Å². The Kier molecular flexibility index (Phi) is 4.56. The third-order valence-corrected chi connectivity index (χ3v) is 4.36. The fourth-order valence-electron chi connectivity index (χ4n) is 2.00. The summed E-state index contributed by atoms with van der Waals surface area (Å²) in [5, 5.41) is 12.4. The van der Waals surface area contributed by atoms with Crippen molar-refractivity contribution in [3.05, 3.63) is 15.6 Å². The molecule has 0 radical (unpaired) electrons. The summed E-state index contributed by atoms with van der Waals surface area (Å²) in [6.07, 6.45) is 0. The summed E-state index contributed by atoms with van der Waals surface area (Å²) in [6.45, 7) is 5.08. The lowest BCUT2D eigenvalue weighted by atomic mass is 10.3. The van der Waals surface area contributed by atoms with Crippen LogP contribution in [0.2, 0.25) is 0 Å². The molecule has 2 heterocycles. The zero-order valence-corrected chi connectivity index (χ0v) is 12.4. The molecule has 0 aromatic carbocycles. The Morgan fingerprint density at radius 3 is 2.55 bits per heavy atom. The van der Waals surface area contributed by atoms with Gasteiger partial charge in [-0.2, -0.15) is 0 Å². The maximum absolute atomic E-state index is 12.0. The number of rotatable bonds is 3.